The minimum Gasteiger partial charge on any atom is -0.508 e. The van der Waals surface area contributed by atoms with Gasteiger partial charge in [-0.1, -0.05) is 50.1 Å². The zero-order valence-electron chi connectivity index (χ0n) is 15.7. The number of phenolic OH excluding ortho intramolecular Hbond substituents is 1. The van der Waals surface area contributed by atoms with Crippen molar-refractivity contribution < 1.29 is 14.9 Å². The van der Waals surface area contributed by atoms with Crippen LogP contribution in [0, 0.1) is 6.92 Å². The van der Waals surface area contributed by atoms with Crippen molar-refractivity contribution in [2.24, 2.45) is 0 Å². The number of phenols is 1. The monoisotopic (exact) mass is 352 g/mol. The van der Waals surface area contributed by atoms with Crippen LogP contribution >= 0.6 is 0 Å². The Morgan fingerprint density at radius 2 is 1.65 bits per heavy atom. The molecule has 1 aliphatic carbocycles. The summed E-state index contributed by atoms with van der Waals surface area (Å²) in [5.74, 6) is 0.981. The first-order chi connectivity index (χ1) is 12.4. The first-order valence-electron chi connectivity index (χ1n) is 9.33. The molecule has 0 spiro atoms. The first-order valence-corrected chi connectivity index (χ1v) is 9.33. The van der Waals surface area contributed by atoms with Gasteiger partial charge < -0.3 is 14.9 Å². The average molecular weight is 352 g/mol. The molecule has 138 valence electrons. The lowest BCUT2D eigenvalue weighted by molar-refractivity contribution is 0.0145. The van der Waals surface area contributed by atoms with Crippen molar-refractivity contribution in [1.29, 1.82) is 0 Å². The summed E-state index contributed by atoms with van der Waals surface area (Å²) in [7, 11) is 0. The highest BCUT2D eigenvalue weighted by Crippen LogP contribution is 2.46. The Hall–Kier alpha value is -2.26. The molecule has 0 amide bonds. The van der Waals surface area contributed by atoms with E-state index in [1.54, 1.807) is 19.1 Å². The van der Waals surface area contributed by atoms with E-state index in [0.29, 0.717) is 17.1 Å². The molecule has 1 atom stereocenters. The number of aliphatic hydroxyl groups is 1. The van der Waals surface area contributed by atoms with E-state index in [9.17, 15) is 10.2 Å². The molecule has 0 saturated heterocycles. The SMILES string of the molecule is C=C(C)C(O)Oc1ccc(C2(c3ccc(O)cc3)CCCCC2)cc1C. The Balaban J connectivity index is 1.98. The molecule has 0 bridgehead atoms. The van der Waals surface area contributed by atoms with Gasteiger partial charge in [0.05, 0.1) is 0 Å². The van der Waals surface area contributed by atoms with Gasteiger partial charge in [-0.25, -0.2) is 0 Å². The Kier molecular flexibility index (Phi) is 5.38. The highest BCUT2D eigenvalue weighted by molar-refractivity contribution is 5.46. The van der Waals surface area contributed by atoms with Crippen LogP contribution in [0.3, 0.4) is 0 Å². The smallest absolute Gasteiger partial charge is 0.219 e. The van der Waals surface area contributed by atoms with E-state index >= 15 is 0 Å². The Labute approximate surface area is 156 Å². The summed E-state index contributed by atoms with van der Waals surface area (Å²) in [5, 5.41) is 19.6. The van der Waals surface area contributed by atoms with Crippen LogP contribution in [-0.2, 0) is 5.41 Å². The Bertz CT molecular complexity index is 771. The van der Waals surface area contributed by atoms with Crippen LogP contribution in [0.1, 0.15) is 55.7 Å². The van der Waals surface area contributed by atoms with Crippen molar-refractivity contribution in [3.63, 3.8) is 0 Å². The lowest BCUT2D eigenvalue weighted by atomic mass is 9.65. The van der Waals surface area contributed by atoms with Gasteiger partial charge in [-0.3, -0.25) is 0 Å². The summed E-state index contributed by atoms with van der Waals surface area (Å²) in [6.07, 6.45) is 4.89. The predicted octanol–water partition coefficient (Wildman–Crippen LogP) is 5.22. The molecule has 1 fully saturated rings. The van der Waals surface area contributed by atoms with Crippen LogP contribution in [-0.4, -0.2) is 16.5 Å². The quantitative estimate of drug-likeness (QED) is 0.573. The summed E-state index contributed by atoms with van der Waals surface area (Å²) in [6, 6.07) is 13.9. The van der Waals surface area contributed by atoms with Crippen LogP contribution in [0.15, 0.2) is 54.6 Å². The molecule has 1 aliphatic rings. The molecule has 0 aliphatic heterocycles. The number of aryl methyl sites for hydroxylation is 1. The van der Waals surface area contributed by atoms with Crippen molar-refractivity contribution in [2.45, 2.75) is 57.7 Å². The fourth-order valence-corrected chi connectivity index (χ4v) is 3.98. The Morgan fingerprint density at radius 1 is 1.04 bits per heavy atom. The molecule has 1 saturated carbocycles. The number of hydrogen-bond acceptors (Lipinski definition) is 3. The second-order valence-electron chi connectivity index (χ2n) is 7.49. The third-order valence-electron chi connectivity index (χ3n) is 5.51. The van der Waals surface area contributed by atoms with Crippen LogP contribution in [0.5, 0.6) is 11.5 Å². The van der Waals surface area contributed by atoms with E-state index in [1.165, 1.54) is 30.4 Å². The third-order valence-corrected chi connectivity index (χ3v) is 5.51. The molecule has 3 nitrogen and oxygen atoms in total. The van der Waals surface area contributed by atoms with Gasteiger partial charge in [0.2, 0.25) is 6.29 Å². The van der Waals surface area contributed by atoms with Crippen molar-refractivity contribution in [3.8, 4) is 11.5 Å². The maximum absolute atomic E-state index is 9.93. The van der Waals surface area contributed by atoms with E-state index in [-0.39, 0.29) is 5.41 Å². The molecule has 2 N–H and O–H groups in total. The largest absolute Gasteiger partial charge is 0.508 e. The number of ether oxygens (including phenoxy) is 1. The van der Waals surface area contributed by atoms with E-state index in [4.69, 9.17) is 4.74 Å². The summed E-state index contributed by atoms with van der Waals surface area (Å²) in [6.45, 7) is 7.49. The molecule has 26 heavy (non-hydrogen) atoms. The summed E-state index contributed by atoms with van der Waals surface area (Å²) < 4.78 is 5.63. The number of aliphatic hydroxyl groups excluding tert-OH is 1. The molecular formula is C23H28O3. The average Bonchev–Trinajstić information content (AvgIpc) is 2.64. The summed E-state index contributed by atoms with van der Waals surface area (Å²) in [5.41, 5.74) is 4.10. The minimum absolute atomic E-state index is 0.0256. The molecule has 2 aromatic carbocycles. The van der Waals surface area contributed by atoms with Gasteiger partial charge in [-0.15, -0.1) is 0 Å². The van der Waals surface area contributed by atoms with Crippen molar-refractivity contribution in [3.05, 3.63) is 71.3 Å². The van der Waals surface area contributed by atoms with E-state index < -0.39 is 6.29 Å². The van der Waals surface area contributed by atoms with Gasteiger partial charge in [0.25, 0.3) is 0 Å². The lowest BCUT2D eigenvalue weighted by Gasteiger charge is -2.39. The van der Waals surface area contributed by atoms with Gasteiger partial charge >= 0.3 is 0 Å². The van der Waals surface area contributed by atoms with Crippen molar-refractivity contribution >= 4 is 0 Å². The highest BCUT2D eigenvalue weighted by Gasteiger charge is 2.36. The molecule has 3 rings (SSSR count). The molecule has 0 radical (unpaired) electrons. The fourth-order valence-electron chi connectivity index (χ4n) is 3.98. The highest BCUT2D eigenvalue weighted by atomic mass is 16.6. The van der Waals surface area contributed by atoms with Crippen LogP contribution in [0.4, 0.5) is 0 Å². The van der Waals surface area contributed by atoms with E-state index in [2.05, 4.69) is 18.7 Å². The number of aromatic hydroxyl groups is 1. The normalized spacial score (nSPS) is 17.5. The number of hydrogen-bond donors (Lipinski definition) is 2. The molecular weight excluding hydrogens is 324 g/mol. The third kappa shape index (κ3) is 3.63. The molecule has 1 unspecified atom stereocenters. The molecule has 2 aromatic rings. The standard InChI is InChI=1S/C23H28O3/c1-16(2)22(25)26-21-12-9-19(15-17(21)3)23(13-5-4-6-14-23)18-7-10-20(24)11-8-18/h7-12,15,22,24-25H,1,4-6,13-14H2,2-3H3. The molecule has 3 heteroatoms. The molecule has 0 heterocycles. The second kappa shape index (κ2) is 7.55. The number of rotatable bonds is 5. The van der Waals surface area contributed by atoms with Crippen LogP contribution < -0.4 is 4.74 Å². The fraction of sp³-hybridized carbons (Fsp3) is 0.391. The predicted molar refractivity (Wildman–Crippen MR) is 105 cm³/mol. The van der Waals surface area contributed by atoms with Crippen molar-refractivity contribution in [1.82, 2.24) is 0 Å². The maximum Gasteiger partial charge on any atom is 0.219 e. The van der Waals surface area contributed by atoms with Gasteiger partial charge in [0.15, 0.2) is 0 Å². The van der Waals surface area contributed by atoms with Crippen LogP contribution in [0.2, 0.25) is 0 Å². The van der Waals surface area contributed by atoms with E-state index in [1.807, 2.05) is 25.1 Å². The Morgan fingerprint density at radius 3 is 2.23 bits per heavy atom. The first kappa shape index (κ1) is 18.5. The van der Waals surface area contributed by atoms with E-state index in [0.717, 1.165) is 18.4 Å². The van der Waals surface area contributed by atoms with Crippen LogP contribution in [0.25, 0.3) is 0 Å². The summed E-state index contributed by atoms with van der Waals surface area (Å²) in [4.78, 5) is 0. The van der Waals surface area contributed by atoms with Gasteiger partial charge in [-0.2, -0.15) is 0 Å². The zero-order valence-corrected chi connectivity index (χ0v) is 15.7. The lowest BCUT2D eigenvalue weighted by Crippen LogP contribution is -2.30. The molecule has 0 aromatic heterocycles. The topological polar surface area (TPSA) is 49.7 Å². The minimum atomic E-state index is -0.986. The second-order valence-corrected chi connectivity index (χ2v) is 7.49. The maximum atomic E-state index is 9.93. The van der Waals surface area contributed by atoms with Gasteiger partial charge in [-0.05, 0) is 67.2 Å². The van der Waals surface area contributed by atoms with Gasteiger partial charge in [0.1, 0.15) is 11.5 Å². The zero-order chi connectivity index (χ0) is 18.7. The summed E-state index contributed by atoms with van der Waals surface area (Å²) >= 11 is 0. The van der Waals surface area contributed by atoms with Gasteiger partial charge in [0, 0.05) is 5.41 Å². The van der Waals surface area contributed by atoms with Crippen molar-refractivity contribution in [2.75, 3.05) is 0 Å². The number of benzene rings is 2.